The molecule has 0 radical (unpaired) electrons. The SMILES string of the molecule is CCn1nnnc1-c1cccc(NC(=O)N2CCC(C(=O)O)C2)c1. The lowest BCUT2D eigenvalue weighted by molar-refractivity contribution is -0.141. The third-order valence-corrected chi connectivity index (χ3v) is 4.03. The summed E-state index contributed by atoms with van der Waals surface area (Å²) >= 11 is 0. The number of benzene rings is 1. The van der Waals surface area contributed by atoms with Crippen molar-refractivity contribution in [1.29, 1.82) is 0 Å². The van der Waals surface area contributed by atoms with Crippen LogP contribution in [0.5, 0.6) is 0 Å². The maximum absolute atomic E-state index is 12.3. The molecule has 1 aromatic carbocycles. The van der Waals surface area contributed by atoms with Crippen LogP contribution in [0.1, 0.15) is 13.3 Å². The van der Waals surface area contributed by atoms with Gasteiger partial charge in [0.05, 0.1) is 5.92 Å². The fourth-order valence-electron chi connectivity index (χ4n) is 2.71. The fraction of sp³-hybridized carbons (Fsp3) is 0.400. The van der Waals surface area contributed by atoms with Crippen LogP contribution in [-0.2, 0) is 11.3 Å². The molecule has 9 heteroatoms. The number of likely N-dealkylation sites (tertiary alicyclic amines) is 1. The Morgan fingerprint density at radius 3 is 2.96 bits per heavy atom. The van der Waals surface area contributed by atoms with Crippen LogP contribution in [0.3, 0.4) is 0 Å². The number of hydrogen-bond acceptors (Lipinski definition) is 5. The number of aliphatic carboxylic acids is 1. The molecule has 1 aliphatic heterocycles. The zero-order valence-corrected chi connectivity index (χ0v) is 13.2. The number of amides is 2. The molecular weight excluding hydrogens is 312 g/mol. The van der Waals surface area contributed by atoms with Crippen molar-refractivity contribution < 1.29 is 14.7 Å². The van der Waals surface area contributed by atoms with Gasteiger partial charge in [-0.2, -0.15) is 0 Å². The Hall–Kier alpha value is -2.97. The van der Waals surface area contributed by atoms with Crippen molar-refractivity contribution >= 4 is 17.7 Å². The van der Waals surface area contributed by atoms with E-state index in [0.29, 0.717) is 31.0 Å². The van der Waals surface area contributed by atoms with Crippen molar-refractivity contribution in [2.24, 2.45) is 5.92 Å². The summed E-state index contributed by atoms with van der Waals surface area (Å²) < 4.78 is 1.67. The maximum atomic E-state index is 12.3. The minimum absolute atomic E-state index is 0.231. The molecule has 3 rings (SSSR count). The predicted octanol–water partition coefficient (Wildman–Crippen LogP) is 1.30. The smallest absolute Gasteiger partial charge is 0.321 e. The summed E-state index contributed by atoms with van der Waals surface area (Å²) in [6.45, 7) is 3.26. The maximum Gasteiger partial charge on any atom is 0.321 e. The molecule has 0 aliphatic carbocycles. The summed E-state index contributed by atoms with van der Waals surface area (Å²) in [5, 5.41) is 23.4. The summed E-state index contributed by atoms with van der Waals surface area (Å²) in [7, 11) is 0. The average molecular weight is 330 g/mol. The lowest BCUT2D eigenvalue weighted by atomic mass is 10.1. The monoisotopic (exact) mass is 330 g/mol. The summed E-state index contributed by atoms with van der Waals surface area (Å²) in [5.41, 5.74) is 1.41. The van der Waals surface area contributed by atoms with E-state index in [0.717, 1.165) is 5.56 Å². The second-order valence-corrected chi connectivity index (χ2v) is 5.60. The van der Waals surface area contributed by atoms with E-state index in [9.17, 15) is 9.59 Å². The number of hydrogen-bond donors (Lipinski definition) is 2. The Bertz CT molecular complexity index is 759. The van der Waals surface area contributed by atoms with Gasteiger partial charge < -0.3 is 15.3 Å². The van der Waals surface area contributed by atoms with Gasteiger partial charge in [0.25, 0.3) is 0 Å². The van der Waals surface area contributed by atoms with Crippen LogP contribution in [0.4, 0.5) is 10.5 Å². The van der Waals surface area contributed by atoms with Gasteiger partial charge in [-0.05, 0) is 35.9 Å². The Morgan fingerprint density at radius 1 is 1.42 bits per heavy atom. The lowest BCUT2D eigenvalue weighted by Gasteiger charge is -2.17. The van der Waals surface area contributed by atoms with Gasteiger partial charge in [0.15, 0.2) is 5.82 Å². The summed E-state index contributed by atoms with van der Waals surface area (Å²) in [6.07, 6.45) is 0.480. The summed E-state index contributed by atoms with van der Waals surface area (Å²) in [5.74, 6) is -0.726. The van der Waals surface area contributed by atoms with Gasteiger partial charge in [0, 0.05) is 30.9 Å². The lowest BCUT2D eigenvalue weighted by Crippen LogP contribution is -2.33. The first kappa shape index (κ1) is 15.9. The molecule has 1 aromatic heterocycles. The Kier molecular flexibility index (Phi) is 4.41. The number of carbonyl (C=O) groups is 2. The highest BCUT2D eigenvalue weighted by atomic mass is 16.4. The van der Waals surface area contributed by atoms with Gasteiger partial charge in [0.2, 0.25) is 0 Å². The Balaban J connectivity index is 1.71. The van der Waals surface area contributed by atoms with Crippen LogP contribution in [0.25, 0.3) is 11.4 Å². The van der Waals surface area contributed by atoms with Crippen LogP contribution in [0.2, 0.25) is 0 Å². The largest absolute Gasteiger partial charge is 0.481 e. The van der Waals surface area contributed by atoms with E-state index in [4.69, 9.17) is 5.11 Å². The average Bonchev–Trinajstić information content (AvgIpc) is 3.24. The highest BCUT2D eigenvalue weighted by molar-refractivity contribution is 5.90. The standard InChI is InChI=1S/C15H18N6O3/c1-2-21-13(17-18-19-21)10-4-3-5-12(8-10)16-15(24)20-7-6-11(9-20)14(22)23/h3-5,8,11H,2,6-7,9H2,1H3,(H,16,24)(H,22,23). The van der Waals surface area contributed by atoms with E-state index in [-0.39, 0.29) is 12.6 Å². The van der Waals surface area contributed by atoms with E-state index in [1.165, 1.54) is 4.90 Å². The molecule has 0 bridgehead atoms. The predicted molar refractivity (Wildman–Crippen MR) is 85.3 cm³/mol. The number of aryl methyl sites for hydroxylation is 1. The van der Waals surface area contributed by atoms with Crippen molar-refractivity contribution in [2.75, 3.05) is 18.4 Å². The number of rotatable bonds is 4. The highest BCUT2D eigenvalue weighted by Gasteiger charge is 2.30. The van der Waals surface area contributed by atoms with Gasteiger partial charge in [-0.25, -0.2) is 9.48 Å². The number of carbonyl (C=O) groups excluding carboxylic acids is 1. The number of anilines is 1. The first-order chi connectivity index (χ1) is 11.6. The van der Waals surface area contributed by atoms with Gasteiger partial charge in [-0.1, -0.05) is 12.1 Å². The molecule has 1 atom stereocenters. The summed E-state index contributed by atoms with van der Waals surface area (Å²) in [6, 6.07) is 6.94. The molecule has 2 N–H and O–H groups in total. The first-order valence-electron chi connectivity index (χ1n) is 7.74. The van der Waals surface area contributed by atoms with Crippen molar-refractivity contribution in [3.8, 4) is 11.4 Å². The van der Waals surface area contributed by atoms with Crippen LogP contribution in [0, 0.1) is 5.92 Å². The van der Waals surface area contributed by atoms with Gasteiger partial charge in [-0.15, -0.1) is 5.10 Å². The number of tetrazole rings is 1. The molecule has 1 unspecified atom stereocenters. The number of carboxylic acids is 1. The van der Waals surface area contributed by atoms with E-state index in [2.05, 4.69) is 20.8 Å². The first-order valence-corrected chi connectivity index (χ1v) is 7.74. The highest BCUT2D eigenvalue weighted by Crippen LogP contribution is 2.22. The van der Waals surface area contributed by atoms with Crippen molar-refractivity contribution in [3.05, 3.63) is 24.3 Å². The minimum Gasteiger partial charge on any atom is -0.481 e. The third kappa shape index (κ3) is 3.19. The number of nitrogens with one attached hydrogen (secondary N) is 1. The third-order valence-electron chi connectivity index (χ3n) is 4.03. The zero-order valence-electron chi connectivity index (χ0n) is 13.2. The zero-order chi connectivity index (χ0) is 17.1. The molecule has 1 fully saturated rings. The molecule has 126 valence electrons. The number of nitrogens with zero attached hydrogens (tertiary/aromatic N) is 5. The molecule has 0 saturated carbocycles. The van der Waals surface area contributed by atoms with E-state index in [1.54, 1.807) is 16.8 Å². The topological polar surface area (TPSA) is 113 Å². The fourth-order valence-corrected chi connectivity index (χ4v) is 2.71. The van der Waals surface area contributed by atoms with Crippen LogP contribution >= 0.6 is 0 Å². The normalized spacial score (nSPS) is 17.0. The molecule has 9 nitrogen and oxygen atoms in total. The van der Waals surface area contributed by atoms with Crippen LogP contribution in [0.15, 0.2) is 24.3 Å². The molecule has 2 aromatic rings. The number of carboxylic acid groups (broad SMARTS) is 1. The van der Waals surface area contributed by atoms with E-state index < -0.39 is 11.9 Å². The number of urea groups is 1. The molecule has 2 heterocycles. The molecular formula is C15H18N6O3. The second-order valence-electron chi connectivity index (χ2n) is 5.60. The number of aromatic nitrogens is 4. The van der Waals surface area contributed by atoms with Gasteiger partial charge >= 0.3 is 12.0 Å². The quantitative estimate of drug-likeness (QED) is 0.873. The van der Waals surface area contributed by atoms with Crippen LogP contribution < -0.4 is 5.32 Å². The summed E-state index contributed by atoms with van der Waals surface area (Å²) in [4.78, 5) is 24.8. The Labute approximate surface area is 138 Å². The van der Waals surface area contributed by atoms with E-state index in [1.807, 2.05) is 19.1 Å². The molecule has 1 saturated heterocycles. The molecule has 2 amide bonds. The molecule has 0 spiro atoms. The minimum atomic E-state index is -0.862. The van der Waals surface area contributed by atoms with Gasteiger partial charge in [0.1, 0.15) is 0 Å². The van der Waals surface area contributed by atoms with Gasteiger partial charge in [-0.3, -0.25) is 4.79 Å². The second kappa shape index (κ2) is 6.65. The van der Waals surface area contributed by atoms with Crippen LogP contribution in [-0.4, -0.2) is 55.3 Å². The molecule has 1 aliphatic rings. The Morgan fingerprint density at radius 2 is 2.25 bits per heavy atom. The van der Waals surface area contributed by atoms with Crippen molar-refractivity contribution in [3.63, 3.8) is 0 Å². The van der Waals surface area contributed by atoms with Crippen molar-refractivity contribution in [2.45, 2.75) is 19.9 Å². The van der Waals surface area contributed by atoms with E-state index >= 15 is 0 Å². The molecule has 24 heavy (non-hydrogen) atoms. The van der Waals surface area contributed by atoms with Crippen molar-refractivity contribution in [1.82, 2.24) is 25.1 Å².